The second-order valence-corrected chi connectivity index (χ2v) is 9.11. The first-order valence-electron chi connectivity index (χ1n) is 12.0. The van der Waals surface area contributed by atoms with E-state index in [0.29, 0.717) is 12.1 Å². The van der Waals surface area contributed by atoms with Gasteiger partial charge in [-0.2, -0.15) is 11.3 Å². The molecule has 0 bridgehead atoms. The van der Waals surface area contributed by atoms with Crippen LogP contribution in [0.1, 0.15) is 48.7 Å². The topological polar surface area (TPSA) is 76.7 Å². The lowest BCUT2D eigenvalue weighted by atomic mass is 9.96. The molecule has 0 amide bonds. The molecular formula is C28H34N2O4S. The minimum atomic E-state index is -0.641. The molecule has 0 aliphatic carbocycles. The molecule has 2 N–H and O–H groups in total. The maximum atomic E-state index is 13.4. The van der Waals surface area contributed by atoms with Crippen LogP contribution in [0.4, 0.5) is 5.69 Å². The van der Waals surface area contributed by atoms with Crippen molar-refractivity contribution in [1.29, 1.82) is 0 Å². The molecule has 7 heteroatoms. The summed E-state index contributed by atoms with van der Waals surface area (Å²) in [5.74, 6) is 0.599. The average molecular weight is 495 g/mol. The number of carbonyl (C=O) groups excluding carboxylic acids is 2. The van der Waals surface area contributed by atoms with Gasteiger partial charge in [-0.15, -0.1) is 0 Å². The Kier molecular flexibility index (Phi) is 10.3. The predicted molar refractivity (Wildman–Crippen MR) is 141 cm³/mol. The van der Waals surface area contributed by atoms with E-state index in [4.69, 9.17) is 9.47 Å². The highest BCUT2D eigenvalue weighted by atomic mass is 32.1. The van der Waals surface area contributed by atoms with Gasteiger partial charge in [0.15, 0.2) is 11.8 Å². The molecule has 0 spiro atoms. The lowest BCUT2D eigenvalue weighted by molar-refractivity contribution is -0.153. The number of methoxy groups -OCH3 is 1. The molecule has 1 heterocycles. The molecule has 0 saturated carbocycles. The minimum absolute atomic E-state index is 0.0116. The number of carbonyl (C=O) groups is 2. The van der Waals surface area contributed by atoms with Crippen molar-refractivity contribution >= 4 is 28.8 Å². The van der Waals surface area contributed by atoms with Gasteiger partial charge in [0.25, 0.3) is 0 Å². The fraction of sp³-hybridized carbons (Fsp3) is 0.357. The van der Waals surface area contributed by atoms with Crippen molar-refractivity contribution in [2.75, 3.05) is 25.5 Å². The first-order chi connectivity index (χ1) is 17.0. The zero-order chi connectivity index (χ0) is 25.0. The molecule has 0 aliphatic rings. The van der Waals surface area contributed by atoms with Gasteiger partial charge in [-0.3, -0.25) is 4.79 Å². The summed E-state index contributed by atoms with van der Waals surface area (Å²) in [4.78, 5) is 25.9. The standard InChI is InChI=1S/C28H34N2O4S/c1-4-20(5-2)26(18-29-17-25(31)21-9-7-6-8-10-21)34-28(32)27(22-15-16-35-19-22)30-23-11-13-24(33-3)14-12-23/h6-16,19-20,26-27,29-30H,4-5,17-18H2,1-3H3/t26?,27-/m1/s1. The molecule has 35 heavy (non-hydrogen) atoms. The highest BCUT2D eigenvalue weighted by molar-refractivity contribution is 7.08. The Hall–Kier alpha value is -3.16. The molecule has 1 aromatic heterocycles. The van der Waals surface area contributed by atoms with E-state index in [2.05, 4.69) is 24.5 Å². The highest BCUT2D eigenvalue weighted by Crippen LogP contribution is 2.26. The molecule has 0 saturated heterocycles. The maximum Gasteiger partial charge on any atom is 0.333 e. The first-order valence-corrected chi connectivity index (χ1v) is 12.9. The van der Waals surface area contributed by atoms with Crippen molar-refractivity contribution in [3.63, 3.8) is 0 Å². The number of Topliss-reactive ketones (excluding diaryl/α,β-unsaturated/α-hetero) is 1. The van der Waals surface area contributed by atoms with E-state index in [-0.39, 0.29) is 30.3 Å². The number of thiophene rings is 1. The third kappa shape index (κ3) is 7.67. The summed E-state index contributed by atoms with van der Waals surface area (Å²) in [6.07, 6.45) is 1.40. The summed E-state index contributed by atoms with van der Waals surface area (Å²) in [5, 5.41) is 10.4. The second-order valence-electron chi connectivity index (χ2n) is 8.33. The monoisotopic (exact) mass is 494 g/mol. The number of anilines is 1. The van der Waals surface area contributed by atoms with Crippen LogP contribution in [0.3, 0.4) is 0 Å². The fourth-order valence-electron chi connectivity index (χ4n) is 3.96. The molecule has 186 valence electrons. The Labute approximate surface area is 211 Å². The van der Waals surface area contributed by atoms with E-state index >= 15 is 0 Å². The molecule has 1 unspecified atom stereocenters. The van der Waals surface area contributed by atoms with Gasteiger partial charge in [0.05, 0.1) is 13.7 Å². The van der Waals surface area contributed by atoms with E-state index in [9.17, 15) is 9.59 Å². The lowest BCUT2D eigenvalue weighted by Gasteiger charge is -2.28. The fourth-order valence-corrected chi connectivity index (χ4v) is 4.65. The van der Waals surface area contributed by atoms with Crippen LogP contribution in [-0.4, -0.2) is 38.1 Å². The van der Waals surface area contributed by atoms with Crippen LogP contribution >= 0.6 is 11.3 Å². The van der Waals surface area contributed by atoms with E-state index < -0.39 is 6.04 Å². The zero-order valence-electron chi connectivity index (χ0n) is 20.5. The summed E-state index contributed by atoms with van der Waals surface area (Å²) in [6.45, 7) is 4.79. The summed E-state index contributed by atoms with van der Waals surface area (Å²) in [5.41, 5.74) is 2.31. The van der Waals surface area contributed by atoms with Crippen molar-refractivity contribution in [2.45, 2.75) is 38.8 Å². The van der Waals surface area contributed by atoms with Gasteiger partial charge >= 0.3 is 5.97 Å². The number of hydrogen-bond acceptors (Lipinski definition) is 7. The van der Waals surface area contributed by atoms with Gasteiger partial charge in [0.2, 0.25) is 0 Å². The van der Waals surface area contributed by atoms with Crippen molar-refractivity contribution in [3.05, 3.63) is 82.6 Å². The summed E-state index contributed by atoms with van der Waals surface area (Å²) < 4.78 is 11.3. The van der Waals surface area contributed by atoms with Crippen molar-refractivity contribution in [2.24, 2.45) is 5.92 Å². The molecule has 6 nitrogen and oxygen atoms in total. The first kappa shape index (κ1) is 26.4. The van der Waals surface area contributed by atoms with E-state index in [1.807, 2.05) is 59.3 Å². The number of nitrogens with one attached hydrogen (secondary N) is 2. The molecule has 0 aliphatic heterocycles. The molecule has 2 aromatic carbocycles. The van der Waals surface area contributed by atoms with Crippen molar-refractivity contribution < 1.29 is 19.1 Å². The largest absolute Gasteiger partial charge is 0.497 e. The predicted octanol–water partition coefficient (Wildman–Crippen LogP) is 5.73. The molecule has 0 fully saturated rings. The van der Waals surface area contributed by atoms with Crippen LogP contribution in [0.2, 0.25) is 0 Å². The van der Waals surface area contributed by atoms with Crippen LogP contribution in [0.15, 0.2) is 71.4 Å². The minimum Gasteiger partial charge on any atom is -0.497 e. The molecule has 3 aromatic rings. The van der Waals surface area contributed by atoms with Gasteiger partial charge in [-0.25, -0.2) is 4.79 Å². The Morgan fingerprint density at radius 2 is 1.69 bits per heavy atom. The van der Waals surface area contributed by atoms with Crippen molar-refractivity contribution in [1.82, 2.24) is 5.32 Å². The molecule has 2 atom stereocenters. The number of rotatable bonds is 14. The van der Waals surface area contributed by atoms with Gasteiger partial charge < -0.3 is 20.1 Å². The Bertz CT molecular complexity index is 1030. The summed E-state index contributed by atoms with van der Waals surface area (Å²) in [6, 6.07) is 17.9. The van der Waals surface area contributed by atoms with Crippen LogP contribution < -0.4 is 15.4 Å². The van der Waals surface area contributed by atoms with E-state index in [1.54, 1.807) is 19.2 Å². The Morgan fingerprint density at radius 1 is 0.971 bits per heavy atom. The Balaban J connectivity index is 1.69. The van der Waals surface area contributed by atoms with E-state index in [1.165, 1.54) is 11.3 Å². The Morgan fingerprint density at radius 3 is 2.29 bits per heavy atom. The number of benzene rings is 2. The number of hydrogen-bond donors (Lipinski definition) is 2. The molecular weight excluding hydrogens is 460 g/mol. The maximum absolute atomic E-state index is 13.4. The SMILES string of the molecule is CCC(CC)C(CNCC(=O)c1ccccc1)OC(=O)[C@H](Nc1ccc(OC)cc1)c1ccsc1. The van der Waals surface area contributed by atoms with Crippen molar-refractivity contribution in [3.8, 4) is 5.75 Å². The van der Waals surface area contributed by atoms with Crippen LogP contribution in [-0.2, 0) is 9.53 Å². The van der Waals surface area contributed by atoms with Gasteiger partial charge in [-0.1, -0.05) is 44.2 Å². The number of ether oxygens (including phenoxy) is 2. The van der Waals surface area contributed by atoms with Gasteiger partial charge in [0.1, 0.15) is 11.9 Å². The third-order valence-corrected chi connectivity index (χ3v) is 6.78. The van der Waals surface area contributed by atoms with Crippen LogP contribution in [0.5, 0.6) is 5.75 Å². The number of ketones is 1. The highest BCUT2D eigenvalue weighted by Gasteiger charge is 2.29. The average Bonchev–Trinajstić information content (AvgIpc) is 3.43. The quantitative estimate of drug-likeness (QED) is 0.220. The molecule has 3 rings (SSSR count). The smallest absolute Gasteiger partial charge is 0.333 e. The summed E-state index contributed by atoms with van der Waals surface area (Å²) >= 11 is 1.53. The number of esters is 1. The summed E-state index contributed by atoms with van der Waals surface area (Å²) in [7, 11) is 1.62. The van der Waals surface area contributed by atoms with Gasteiger partial charge in [-0.05, 0) is 65.4 Å². The second kappa shape index (κ2) is 13.7. The van der Waals surface area contributed by atoms with Crippen LogP contribution in [0.25, 0.3) is 0 Å². The third-order valence-electron chi connectivity index (χ3n) is 6.08. The van der Waals surface area contributed by atoms with Gasteiger partial charge in [0, 0.05) is 17.8 Å². The normalized spacial score (nSPS) is 12.7. The zero-order valence-corrected chi connectivity index (χ0v) is 21.3. The van der Waals surface area contributed by atoms with E-state index in [0.717, 1.165) is 29.8 Å². The van der Waals surface area contributed by atoms with Crippen LogP contribution in [0, 0.1) is 5.92 Å². The molecule has 0 radical (unpaired) electrons. The lowest BCUT2D eigenvalue weighted by Crippen LogP contribution is -2.40.